The molecule has 4 heterocycles. The number of ketones is 1. The number of ether oxygens (including phenoxy) is 9. The number of epoxide rings is 1. The van der Waals surface area contributed by atoms with Crippen LogP contribution in [-0.4, -0.2) is 224 Å². The second-order valence-electron chi connectivity index (χ2n) is 21.9. The number of Topliss-reactive ketones (excluding diaryl/α,β-unsaturated/α-hetero) is 1. The summed E-state index contributed by atoms with van der Waals surface area (Å²) >= 11 is 0. The van der Waals surface area contributed by atoms with Crippen molar-refractivity contribution in [2.45, 2.75) is 223 Å². The van der Waals surface area contributed by atoms with Crippen molar-refractivity contribution in [1.29, 1.82) is 0 Å². The van der Waals surface area contributed by atoms with Gasteiger partial charge in [-0.05, 0) is 88.7 Å². The van der Waals surface area contributed by atoms with Crippen LogP contribution in [0.4, 0.5) is 0 Å². The van der Waals surface area contributed by atoms with Gasteiger partial charge in [-0.15, -0.1) is 0 Å². The summed E-state index contributed by atoms with van der Waals surface area (Å²) in [6, 6.07) is -0.443. The molecule has 25 nitrogen and oxygen atoms in total. The lowest BCUT2D eigenvalue weighted by atomic mass is 9.74. The molecular formula is C50H93N2O23P. The Labute approximate surface area is 447 Å². The highest BCUT2D eigenvalue weighted by Gasteiger charge is 2.54. The van der Waals surface area contributed by atoms with Gasteiger partial charge in [-0.1, -0.05) is 27.7 Å². The van der Waals surface area contributed by atoms with Gasteiger partial charge in [-0.3, -0.25) is 23.7 Å². The van der Waals surface area contributed by atoms with Crippen molar-refractivity contribution in [2.75, 3.05) is 47.6 Å². The molecule has 4 aliphatic rings. The fourth-order valence-electron chi connectivity index (χ4n) is 9.85. The van der Waals surface area contributed by atoms with Crippen molar-refractivity contribution in [3.8, 4) is 0 Å². The lowest BCUT2D eigenvalue weighted by molar-refractivity contribution is -0.319. The molecular weight excluding hydrogens is 1030 g/mol. The zero-order valence-corrected chi connectivity index (χ0v) is 48.0. The van der Waals surface area contributed by atoms with E-state index in [1.807, 2.05) is 25.9 Å². The van der Waals surface area contributed by atoms with Crippen LogP contribution in [-0.2, 0) is 66.4 Å². The molecule has 4 aliphatic heterocycles. The number of esters is 3. The van der Waals surface area contributed by atoms with Gasteiger partial charge in [0, 0.05) is 31.3 Å². The molecule has 4 rings (SSSR count). The van der Waals surface area contributed by atoms with Crippen LogP contribution in [0.1, 0.15) is 122 Å². The summed E-state index contributed by atoms with van der Waals surface area (Å²) in [6.07, 6.45) is -11.4. The van der Waals surface area contributed by atoms with Gasteiger partial charge in [0.05, 0.1) is 105 Å². The van der Waals surface area contributed by atoms with Gasteiger partial charge < -0.3 is 98.8 Å². The summed E-state index contributed by atoms with van der Waals surface area (Å²) in [5, 5.41) is 71.8. The summed E-state index contributed by atoms with van der Waals surface area (Å²) < 4.78 is 63.5. The molecule has 0 aromatic carbocycles. The number of likely N-dealkylation sites (N-methyl/N-ethyl adjacent to an activating group) is 1. The first kappa shape index (κ1) is 69.7. The zero-order valence-electron chi connectivity index (χ0n) is 47.1. The third kappa shape index (κ3) is 18.9. The van der Waals surface area contributed by atoms with Crippen LogP contribution in [0, 0.1) is 23.7 Å². The molecule has 0 aromatic heterocycles. The molecule has 0 saturated carbocycles. The molecule has 4 saturated heterocycles. The van der Waals surface area contributed by atoms with E-state index in [1.165, 1.54) is 27.9 Å². The standard InChI is InChI=1S/C43H75NO16.C4H11NO3.C3H7O4P/c1-15-29-43(11,52)36(48)24(5)33(47)22(3)20-41(9,51)38(25(6)34(26(7)39(50)57-29)59-32-21-42(10,53-14)37(49)27(8)56-32)60-40-35(28(44(12)13)19-23(4)55-40)58-31(46)18-17-30(45)54-16-2;5-4(1-6,2-7)3-8;1-2-3(7-2)8(4,5)6/h22-29,32,34-38,40,48-49,51-52H,15-21H2,1-14H3;6-8H,1-3,5H2;2-3H,1H3,(H2,4,5,6)/t22-,23-,24+,25+,26-,27+,28+,29-,32+,34+,35-,36-,37+,38-,40+,41-,42-,43-;;2-,3+/m1.0/s1. The molecule has 446 valence electrons. The monoisotopic (exact) mass is 1120 g/mol. The van der Waals surface area contributed by atoms with Gasteiger partial charge >= 0.3 is 25.5 Å². The van der Waals surface area contributed by atoms with Gasteiger partial charge in [-0.25, -0.2) is 0 Å². The van der Waals surface area contributed by atoms with Gasteiger partial charge in [0.1, 0.15) is 23.6 Å². The second kappa shape index (κ2) is 29.4. The Morgan fingerprint density at radius 1 is 0.816 bits per heavy atom. The normalized spacial score (nSPS) is 39.8. The lowest BCUT2D eigenvalue weighted by Crippen LogP contribution is -2.61. The highest BCUT2D eigenvalue weighted by molar-refractivity contribution is 7.52. The smallest absolute Gasteiger partial charge is 0.356 e. The Kier molecular flexibility index (Phi) is 27.0. The first-order chi connectivity index (χ1) is 34.9. The number of cyclic esters (lactones) is 1. The van der Waals surface area contributed by atoms with Crippen LogP contribution in [0.25, 0.3) is 0 Å². The third-order valence-corrected chi connectivity index (χ3v) is 16.1. The molecule has 0 unspecified atom stereocenters. The number of hydrogen-bond donors (Lipinski definition) is 10. The van der Waals surface area contributed by atoms with Crippen molar-refractivity contribution in [2.24, 2.45) is 29.4 Å². The summed E-state index contributed by atoms with van der Waals surface area (Å²) in [7, 11) is 1.19. The molecule has 0 bridgehead atoms. The maximum atomic E-state index is 14.3. The van der Waals surface area contributed by atoms with Gasteiger partial charge in [0.15, 0.2) is 24.5 Å². The largest absolute Gasteiger partial charge is 0.466 e. The van der Waals surface area contributed by atoms with E-state index in [0.717, 1.165) is 0 Å². The van der Waals surface area contributed by atoms with E-state index in [2.05, 4.69) is 4.74 Å². The Morgan fingerprint density at radius 2 is 1.37 bits per heavy atom. The predicted octanol–water partition coefficient (Wildman–Crippen LogP) is 0.250. The van der Waals surface area contributed by atoms with Crippen molar-refractivity contribution in [1.82, 2.24) is 4.90 Å². The number of aliphatic hydroxyl groups excluding tert-OH is 5. The molecule has 26 heteroatoms. The van der Waals surface area contributed by atoms with Crippen molar-refractivity contribution in [3.05, 3.63) is 0 Å². The fourth-order valence-corrected chi connectivity index (χ4v) is 10.7. The summed E-state index contributed by atoms with van der Waals surface area (Å²) in [4.78, 5) is 72.3. The molecule has 0 aromatic rings. The first-order valence-corrected chi connectivity index (χ1v) is 27.7. The van der Waals surface area contributed by atoms with Crippen LogP contribution < -0.4 is 5.73 Å². The number of rotatable bonds is 16. The van der Waals surface area contributed by atoms with Crippen LogP contribution in [0.5, 0.6) is 0 Å². The number of carbonyl (C=O) groups is 4. The Balaban J connectivity index is 0.00000105. The molecule has 76 heavy (non-hydrogen) atoms. The molecule has 20 atom stereocenters. The number of nitrogens with zero attached hydrogens (tertiary/aromatic N) is 1. The second-order valence-corrected chi connectivity index (χ2v) is 23.6. The zero-order chi connectivity index (χ0) is 58.6. The van der Waals surface area contributed by atoms with E-state index in [0.29, 0.717) is 6.42 Å². The number of methoxy groups -OCH3 is 1. The Bertz CT molecular complexity index is 1880. The van der Waals surface area contributed by atoms with Gasteiger partial charge in [0.2, 0.25) is 0 Å². The fraction of sp³-hybridized carbons (Fsp3) is 0.920. The maximum absolute atomic E-state index is 14.3. The van der Waals surface area contributed by atoms with Crippen LogP contribution in [0.3, 0.4) is 0 Å². The van der Waals surface area contributed by atoms with E-state index >= 15 is 0 Å². The molecule has 0 amide bonds. The van der Waals surface area contributed by atoms with E-state index in [9.17, 15) is 44.2 Å². The van der Waals surface area contributed by atoms with Crippen LogP contribution >= 0.6 is 7.60 Å². The minimum atomic E-state index is -3.90. The average Bonchev–Trinajstić information content (AvgIpc) is 4.11. The van der Waals surface area contributed by atoms with E-state index in [4.69, 9.17) is 68.7 Å². The molecule has 11 N–H and O–H groups in total. The minimum absolute atomic E-state index is 0.0431. The Hall–Kier alpha value is -2.37. The van der Waals surface area contributed by atoms with Gasteiger partial charge in [0.25, 0.3) is 0 Å². The summed E-state index contributed by atoms with van der Waals surface area (Å²) in [5.41, 5.74) is -1.12. The highest BCUT2D eigenvalue weighted by atomic mass is 31.2. The average molecular weight is 1120 g/mol. The van der Waals surface area contributed by atoms with Crippen LogP contribution in [0.15, 0.2) is 0 Å². The topological polar surface area (TPSA) is 383 Å². The Morgan fingerprint density at radius 3 is 1.82 bits per heavy atom. The minimum Gasteiger partial charge on any atom is -0.466 e. The van der Waals surface area contributed by atoms with Gasteiger partial charge in [-0.2, -0.15) is 0 Å². The summed E-state index contributed by atoms with van der Waals surface area (Å²) in [5.74, 6) is -7.46. The van der Waals surface area contributed by atoms with Crippen LogP contribution in [0.2, 0.25) is 0 Å². The van der Waals surface area contributed by atoms with E-state index < -0.39 is 170 Å². The molecule has 0 radical (unpaired) electrons. The third-order valence-electron chi connectivity index (χ3n) is 14.9. The number of aliphatic hydroxyl groups is 7. The summed E-state index contributed by atoms with van der Waals surface area (Å²) in [6.45, 7) is 18.3. The number of nitrogens with two attached hydrogens (primary N) is 1. The SMILES string of the molecule is CCOC(=O)CCC(=O)O[C@H]1[C@H](O[C@@H]2[C@@H](C)[C@H](O[C@H]3C[C@@](C)(OC)[C@@H](O)[C@H](C)O3)[C@@H](C)C(=O)O[C@H](CC)[C@@](C)(O)[C@H](O)[C@@H](C)C(=O)[C@H](C)C[C@@]2(C)O)O[C@H](C)C[C@@H]1N(C)C.C[C@@H]1O[C@@H]1P(=O)(O)O.NC(CO)(CO)CO. The van der Waals surface area contributed by atoms with Crippen molar-refractivity contribution in [3.63, 3.8) is 0 Å². The van der Waals surface area contributed by atoms with E-state index in [-0.39, 0.29) is 44.8 Å². The predicted molar refractivity (Wildman–Crippen MR) is 271 cm³/mol. The first-order valence-electron chi connectivity index (χ1n) is 26.0. The molecule has 0 aliphatic carbocycles. The highest BCUT2D eigenvalue weighted by Crippen LogP contribution is 2.52. The number of hydrogen-bond acceptors (Lipinski definition) is 23. The van der Waals surface area contributed by atoms with Crippen molar-refractivity contribution < 1.29 is 112 Å². The molecule has 4 fully saturated rings. The quantitative estimate of drug-likeness (QED) is 0.0428. The maximum Gasteiger partial charge on any atom is 0.356 e. The van der Waals surface area contributed by atoms with Crippen molar-refractivity contribution >= 4 is 31.3 Å². The molecule has 0 spiro atoms. The lowest BCUT2D eigenvalue weighted by Gasteiger charge is -2.49. The van der Waals surface area contributed by atoms with E-state index in [1.54, 1.807) is 55.4 Å². The number of carbonyl (C=O) groups excluding carboxylic acids is 4.